The number of nitrogens with one attached hydrogen (secondary N) is 1. The highest BCUT2D eigenvalue weighted by Crippen LogP contribution is 2.14. The Morgan fingerprint density at radius 3 is 2.38 bits per heavy atom. The molecule has 1 aromatic rings. The maximum Gasteiger partial charge on any atom is 0.355 e. The average molecular weight is 246 g/mol. The summed E-state index contributed by atoms with van der Waals surface area (Å²) in [6, 6.07) is 1.14. The van der Waals surface area contributed by atoms with Crippen molar-refractivity contribution in [3.63, 3.8) is 0 Å². The molecule has 0 aromatic carbocycles. The Morgan fingerprint density at radius 1 is 1.44 bits per heavy atom. The second-order valence-corrected chi connectivity index (χ2v) is 5.86. The van der Waals surface area contributed by atoms with Crippen molar-refractivity contribution in [1.82, 2.24) is 4.98 Å². The van der Waals surface area contributed by atoms with E-state index in [1.807, 2.05) is 0 Å². The molecule has 0 fully saturated rings. The Balaban J connectivity index is 2.92. The van der Waals surface area contributed by atoms with Crippen LogP contribution in [0.25, 0.3) is 0 Å². The number of sulfonamides is 1. The van der Waals surface area contributed by atoms with E-state index in [2.05, 4.69) is 4.98 Å². The lowest BCUT2D eigenvalue weighted by Gasteiger charge is -2.18. The van der Waals surface area contributed by atoms with Crippen molar-refractivity contribution in [2.75, 3.05) is 0 Å². The summed E-state index contributed by atoms with van der Waals surface area (Å²) in [5, 5.41) is 4.90. The molecule has 0 aliphatic carbocycles. The van der Waals surface area contributed by atoms with Gasteiger partial charge in [-0.3, -0.25) is 0 Å². The molecule has 0 unspecified atom stereocenters. The van der Waals surface area contributed by atoms with Gasteiger partial charge >= 0.3 is 5.97 Å². The fraction of sp³-hybridized carbons (Fsp3) is 0.444. The van der Waals surface area contributed by atoms with Gasteiger partial charge in [0.25, 0.3) is 0 Å². The van der Waals surface area contributed by atoms with Crippen LogP contribution in [-0.2, 0) is 14.8 Å². The van der Waals surface area contributed by atoms with Crippen LogP contribution < -0.4 is 5.14 Å². The Bertz CT molecular complexity index is 496. The highest BCUT2D eigenvalue weighted by Gasteiger charge is 2.20. The largest absolute Gasteiger partial charge is 0.455 e. The molecular formula is C9H14N2O4S. The second kappa shape index (κ2) is 3.91. The zero-order valence-corrected chi connectivity index (χ0v) is 10.1. The third-order valence-electron chi connectivity index (χ3n) is 1.60. The minimum Gasteiger partial charge on any atom is -0.455 e. The molecule has 0 amide bonds. The topological polar surface area (TPSA) is 102 Å². The second-order valence-electron chi connectivity index (χ2n) is 4.30. The highest BCUT2D eigenvalue weighted by molar-refractivity contribution is 7.89. The van der Waals surface area contributed by atoms with Gasteiger partial charge in [-0.2, -0.15) is 0 Å². The van der Waals surface area contributed by atoms with E-state index in [1.54, 1.807) is 20.8 Å². The maximum atomic E-state index is 11.5. The molecule has 90 valence electrons. The first-order valence-corrected chi connectivity index (χ1v) is 6.09. The van der Waals surface area contributed by atoms with Gasteiger partial charge in [-0.05, 0) is 26.8 Å². The van der Waals surface area contributed by atoms with Crippen LogP contribution in [0.5, 0.6) is 0 Å². The summed E-state index contributed by atoms with van der Waals surface area (Å²) >= 11 is 0. The molecule has 7 heteroatoms. The monoisotopic (exact) mass is 246 g/mol. The van der Waals surface area contributed by atoms with Crippen molar-refractivity contribution in [1.29, 1.82) is 0 Å². The van der Waals surface area contributed by atoms with Gasteiger partial charge in [0.05, 0.1) is 0 Å². The molecule has 0 atom stereocenters. The highest BCUT2D eigenvalue weighted by atomic mass is 32.2. The van der Waals surface area contributed by atoms with Gasteiger partial charge in [0.15, 0.2) is 0 Å². The van der Waals surface area contributed by atoms with Crippen molar-refractivity contribution in [3.8, 4) is 0 Å². The number of rotatable bonds is 2. The van der Waals surface area contributed by atoms with Crippen LogP contribution in [0.2, 0.25) is 0 Å². The van der Waals surface area contributed by atoms with Gasteiger partial charge in [-0.1, -0.05) is 0 Å². The van der Waals surface area contributed by atoms with E-state index in [9.17, 15) is 13.2 Å². The van der Waals surface area contributed by atoms with Crippen LogP contribution in [-0.4, -0.2) is 25.0 Å². The molecule has 1 heterocycles. The zero-order valence-electron chi connectivity index (χ0n) is 9.27. The van der Waals surface area contributed by atoms with E-state index in [1.165, 1.54) is 0 Å². The Labute approximate surface area is 93.8 Å². The maximum absolute atomic E-state index is 11.5. The summed E-state index contributed by atoms with van der Waals surface area (Å²) in [6.45, 7) is 5.15. The average Bonchev–Trinajstić information content (AvgIpc) is 2.46. The lowest BCUT2D eigenvalue weighted by atomic mass is 10.2. The number of hydrogen-bond acceptors (Lipinski definition) is 4. The molecule has 3 N–H and O–H groups in total. The van der Waals surface area contributed by atoms with Gasteiger partial charge in [-0.25, -0.2) is 18.4 Å². The molecule has 0 aliphatic heterocycles. The summed E-state index contributed by atoms with van der Waals surface area (Å²) in [4.78, 5) is 13.9. The third-order valence-corrected chi connectivity index (χ3v) is 2.50. The van der Waals surface area contributed by atoms with Gasteiger partial charge in [0.1, 0.15) is 16.2 Å². The number of ether oxygens (including phenoxy) is 1. The molecule has 0 radical (unpaired) electrons. The number of carbonyl (C=O) groups is 1. The normalized spacial score (nSPS) is 12.5. The summed E-state index contributed by atoms with van der Waals surface area (Å²) < 4.78 is 27.0. The first-order chi connectivity index (χ1) is 7.09. The fourth-order valence-corrected chi connectivity index (χ4v) is 1.49. The van der Waals surface area contributed by atoms with E-state index >= 15 is 0 Å². The molecule has 1 aromatic heterocycles. The number of H-pyrrole nitrogens is 1. The van der Waals surface area contributed by atoms with Crippen LogP contribution >= 0.6 is 0 Å². The summed E-state index contributed by atoms with van der Waals surface area (Å²) in [5.74, 6) is -0.623. The van der Waals surface area contributed by atoms with E-state index < -0.39 is 21.6 Å². The van der Waals surface area contributed by atoms with Crippen LogP contribution in [0, 0.1) is 0 Å². The predicted octanol–water partition coefficient (Wildman–Crippen LogP) is 0.617. The molecule has 16 heavy (non-hydrogen) atoms. The number of carbonyl (C=O) groups excluding carboxylic acids is 1. The first-order valence-electron chi connectivity index (χ1n) is 4.54. The minimum absolute atomic E-state index is 0.0546. The summed E-state index contributed by atoms with van der Waals surface area (Å²) in [7, 11) is -3.80. The van der Waals surface area contributed by atoms with Gasteiger partial charge in [-0.15, -0.1) is 0 Å². The van der Waals surface area contributed by atoms with Crippen LogP contribution in [0.3, 0.4) is 0 Å². The number of aromatic nitrogens is 1. The lowest BCUT2D eigenvalue weighted by Crippen LogP contribution is -2.24. The van der Waals surface area contributed by atoms with Gasteiger partial charge in [0.2, 0.25) is 10.0 Å². The molecule has 6 nitrogen and oxygen atoms in total. The SMILES string of the molecule is CC(C)(C)OC(=O)c1cc(S(N)(=O)=O)c[nH]1. The molecule has 0 saturated heterocycles. The van der Waals surface area contributed by atoms with E-state index in [-0.39, 0.29) is 10.6 Å². The van der Waals surface area contributed by atoms with Crippen molar-refractivity contribution >= 4 is 16.0 Å². The number of aromatic amines is 1. The molecule has 1 rings (SSSR count). The van der Waals surface area contributed by atoms with Crippen LogP contribution in [0.4, 0.5) is 0 Å². The van der Waals surface area contributed by atoms with E-state index in [0.29, 0.717) is 0 Å². The summed E-state index contributed by atoms with van der Waals surface area (Å²) in [5.41, 5.74) is -0.580. The fourth-order valence-electron chi connectivity index (χ4n) is 0.990. The Kier molecular flexibility index (Phi) is 3.11. The van der Waals surface area contributed by atoms with Gasteiger partial charge in [0, 0.05) is 6.20 Å². The lowest BCUT2D eigenvalue weighted by molar-refractivity contribution is 0.00635. The van der Waals surface area contributed by atoms with Crippen LogP contribution in [0.1, 0.15) is 31.3 Å². The van der Waals surface area contributed by atoms with Crippen molar-refractivity contribution in [2.45, 2.75) is 31.3 Å². The quantitative estimate of drug-likeness (QED) is 0.746. The van der Waals surface area contributed by atoms with Crippen LogP contribution in [0.15, 0.2) is 17.2 Å². The molecule has 0 saturated carbocycles. The molecule has 0 bridgehead atoms. The first kappa shape index (κ1) is 12.7. The minimum atomic E-state index is -3.80. The number of primary sulfonamides is 1. The Hall–Kier alpha value is -1.34. The number of nitrogens with two attached hydrogens (primary N) is 1. The zero-order chi connectivity index (χ0) is 12.6. The molecule has 0 aliphatic rings. The van der Waals surface area contributed by atoms with Crippen molar-refractivity contribution < 1.29 is 17.9 Å². The predicted molar refractivity (Wildman–Crippen MR) is 57.3 cm³/mol. The Morgan fingerprint density at radius 2 is 2.00 bits per heavy atom. The molecular weight excluding hydrogens is 232 g/mol. The van der Waals surface area contributed by atoms with Gasteiger partial charge < -0.3 is 9.72 Å². The third kappa shape index (κ3) is 3.35. The van der Waals surface area contributed by atoms with E-state index in [4.69, 9.17) is 9.88 Å². The summed E-state index contributed by atoms with van der Waals surface area (Å²) in [6.07, 6.45) is 1.15. The van der Waals surface area contributed by atoms with Crippen molar-refractivity contribution in [3.05, 3.63) is 18.0 Å². The smallest absolute Gasteiger partial charge is 0.355 e. The number of esters is 1. The number of hydrogen-bond donors (Lipinski definition) is 2. The van der Waals surface area contributed by atoms with E-state index in [0.717, 1.165) is 12.3 Å². The van der Waals surface area contributed by atoms with Crippen molar-refractivity contribution in [2.24, 2.45) is 5.14 Å². The molecule has 0 spiro atoms. The standard InChI is InChI=1S/C9H14N2O4S/c1-9(2,3)15-8(12)7-4-6(5-11-7)16(10,13)14/h4-5,11H,1-3H3,(H2,10,13,14).